The quantitative estimate of drug-likeness (QED) is 0.370. The average Bonchev–Trinajstić information content (AvgIpc) is 3.24. The van der Waals surface area contributed by atoms with E-state index in [1.54, 1.807) is 11.8 Å². The van der Waals surface area contributed by atoms with Crippen molar-refractivity contribution in [1.29, 1.82) is 0 Å². The fourth-order valence-corrected chi connectivity index (χ4v) is 4.63. The van der Waals surface area contributed by atoms with Gasteiger partial charge in [0, 0.05) is 21.1 Å². The van der Waals surface area contributed by atoms with Gasteiger partial charge in [0.2, 0.25) is 6.79 Å². The Morgan fingerprint density at radius 3 is 2.86 bits per heavy atom. The lowest BCUT2D eigenvalue weighted by molar-refractivity contribution is 0.174. The van der Waals surface area contributed by atoms with Gasteiger partial charge in [-0.2, -0.15) is 0 Å². The van der Waals surface area contributed by atoms with Gasteiger partial charge in [0.05, 0.1) is 0 Å². The summed E-state index contributed by atoms with van der Waals surface area (Å²) in [5.74, 6) is 1.93. The Balaban J connectivity index is 1.66. The third kappa shape index (κ3) is 3.98. The molecule has 0 aliphatic carbocycles. The van der Waals surface area contributed by atoms with Crippen LogP contribution in [0.3, 0.4) is 0 Å². The van der Waals surface area contributed by atoms with Crippen LogP contribution in [-0.4, -0.2) is 38.9 Å². The van der Waals surface area contributed by atoms with Crippen molar-refractivity contribution < 1.29 is 9.47 Å². The number of nitrogens with two attached hydrogens (primary N) is 1. The molecule has 0 atom stereocenters. The second-order valence-corrected chi connectivity index (χ2v) is 8.85. The van der Waals surface area contributed by atoms with Crippen LogP contribution in [0.5, 0.6) is 11.5 Å². The third-order valence-electron chi connectivity index (χ3n) is 4.26. The highest BCUT2D eigenvalue weighted by atomic mass is 124. The lowest BCUT2D eigenvalue weighted by atomic mass is 10.3. The highest BCUT2D eigenvalue weighted by molar-refractivity contribution is 14.1. The van der Waals surface area contributed by atoms with E-state index in [0.717, 1.165) is 50.3 Å². The summed E-state index contributed by atoms with van der Waals surface area (Å²) in [6.45, 7) is 6.25. The molecule has 0 saturated heterocycles. The molecule has 2 aromatic heterocycles. The predicted molar refractivity (Wildman–Crippen MR) is 117 cm³/mol. The first-order chi connectivity index (χ1) is 13.5. The molecule has 4 rings (SSSR count). The van der Waals surface area contributed by atoms with Crippen molar-refractivity contribution >= 4 is 51.3 Å². The maximum Gasteiger partial charge on any atom is 0.231 e. The molecule has 0 fully saturated rings. The molecule has 0 radical (unpaired) electrons. The summed E-state index contributed by atoms with van der Waals surface area (Å²) in [7, 11) is 0. The first-order valence-corrected chi connectivity index (χ1v) is 10.9. The van der Waals surface area contributed by atoms with E-state index in [9.17, 15) is 0 Å². The Morgan fingerprint density at radius 1 is 1.29 bits per heavy atom. The van der Waals surface area contributed by atoms with Gasteiger partial charge in [0.25, 0.3) is 0 Å². The predicted octanol–water partition coefficient (Wildman–Crippen LogP) is 3.28. The Morgan fingerprint density at radius 2 is 2.07 bits per heavy atom. The van der Waals surface area contributed by atoms with Crippen LogP contribution in [0, 0.1) is 3.57 Å². The van der Waals surface area contributed by atoms with E-state index < -0.39 is 0 Å². The second-order valence-electron chi connectivity index (χ2n) is 6.68. The van der Waals surface area contributed by atoms with Gasteiger partial charge in [-0.3, -0.25) is 0 Å². The number of hydrogen-bond acceptors (Lipinski definition) is 8. The molecule has 3 heterocycles. The highest BCUT2D eigenvalue weighted by Crippen LogP contribution is 2.41. The largest absolute Gasteiger partial charge is 0.454 e. The normalized spacial score (nSPS) is 13.0. The summed E-state index contributed by atoms with van der Waals surface area (Å²) in [6, 6.07) is 4.44. The molecule has 0 saturated carbocycles. The first kappa shape index (κ1) is 19.5. The van der Waals surface area contributed by atoms with E-state index in [0.29, 0.717) is 17.4 Å². The van der Waals surface area contributed by atoms with Gasteiger partial charge >= 0.3 is 0 Å². The summed E-state index contributed by atoms with van der Waals surface area (Å²) >= 11 is 3.87. The van der Waals surface area contributed by atoms with Crippen LogP contribution in [0.4, 0.5) is 5.82 Å². The molecular formula is C18H21IN6O2S. The van der Waals surface area contributed by atoms with Gasteiger partial charge in [-0.15, -0.1) is 0 Å². The summed E-state index contributed by atoms with van der Waals surface area (Å²) in [5, 5.41) is 4.28. The zero-order valence-corrected chi connectivity index (χ0v) is 18.6. The zero-order valence-electron chi connectivity index (χ0n) is 15.6. The maximum absolute atomic E-state index is 6.04. The second kappa shape index (κ2) is 8.29. The van der Waals surface area contributed by atoms with Gasteiger partial charge in [0.1, 0.15) is 6.33 Å². The average molecular weight is 509 g/mol. The summed E-state index contributed by atoms with van der Waals surface area (Å²) < 4.78 is 14.2. The van der Waals surface area contributed by atoms with E-state index in [1.165, 1.54) is 6.33 Å². The number of rotatable bonds is 7. The van der Waals surface area contributed by atoms with E-state index in [-0.39, 0.29) is 6.79 Å². The number of halogens is 1. The fraction of sp³-hybridized carbons (Fsp3) is 0.389. The molecule has 0 spiro atoms. The lowest BCUT2D eigenvalue weighted by Crippen LogP contribution is -2.24. The number of benzene rings is 1. The van der Waals surface area contributed by atoms with Gasteiger partial charge < -0.3 is 25.1 Å². The van der Waals surface area contributed by atoms with Crippen molar-refractivity contribution in [1.82, 2.24) is 24.8 Å². The van der Waals surface area contributed by atoms with Crippen molar-refractivity contribution in [2.75, 3.05) is 19.1 Å². The Bertz CT molecular complexity index is 1010. The molecule has 3 N–H and O–H groups in total. The van der Waals surface area contributed by atoms with Crippen LogP contribution >= 0.6 is 34.4 Å². The standard InChI is InChI=1S/C18H21IN6O2S/c1-10(2)21-4-3-5-25-17-15(16(20)22-8-23-17)24-18(25)28-14-7-13-12(6-11(14)19)26-9-27-13/h6-8,10,21H,3-5,9H2,1-2H3,(H2,20,22,23)/i19-3. The van der Waals surface area contributed by atoms with Crippen molar-refractivity contribution in [3.05, 3.63) is 22.0 Å². The van der Waals surface area contributed by atoms with Crippen LogP contribution in [0.2, 0.25) is 0 Å². The summed E-state index contributed by atoms with van der Waals surface area (Å²) in [6.07, 6.45) is 2.44. The number of nitrogen functional groups attached to an aromatic ring is 1. The number of ether oxygens (including phenoxy) is 2. The first-order valence-electron chi connectivity index (χ1n) is 9.00. The van der Waals surface area contributed by atoms with E-state index in [2.05, 4.69) is 56.3 Å². The number of aromatic nitrogens is 4. The van der Waals surface area contributed by atoms with E-state index in [4.69, 9.17) is 20.2 Å². The minimum atomic E-state index is 0.257. The van der Waals surface area contributed by atoms with Crippen LogP contribution in [0.15, 0.2) is 28.5 Å². The smallest absolute Gasteiger partial charge is 0.231 e. The molecule has 28 heavy (non-hydrogen) atoms. The van der Waals surface area contributed by atoms with E-state index in [1.807, 2.05) is 12.1 Å². The number of aryl methyl sites for hydroxylation is 1. The van der Waals surface area contributed by atoms with Crippen LogP contribution in [0.25, 0.3) is 11.2 Å². The molecule has 1 aliphatic heterocycles. The van der Waals surface area contributed by atoms with Gasteiger partial charge in [0.15, 0.2) is 33.6 Å². The number of fused-ring (bicyclic) bond motifs is 2. The van der Waals surface area contributed by atoms with Crippen molar-refractivity contribution in [3.8, 4) is 11.5 Å². The fourth-order valence-electron chi connectivity index (χ4n) is 2.92. The molecule has 148 valence electrons. The van der Waals surface area contributed by atoms with Crippen molar-refractivity contribution in [3.63, 3.8) is 0 Å². The molecule has 1 aromatic carbocycles. The van der Waals surface area contributed by atoms with Crippen molar-refractivity contribution in [2.45, 2.75) is 42.9 Å². The Kier molecular flexibility index (Phi) is 5.78. The Labute approximate surface area is 180 Å². The zero-order chi connectivity index (χ0) is 19.7. The van der Waals surface area contributed by atoms with Crippen LogP contribution < -0.4 is 20.5 Å². The minimum Gasteiger partial charge on any atom is -0.454 e. The molecular weight excluding hydrogens is 488 g/mol. The molecule has 10 heteroatoms. The van der Waals surface area contributed by atoms with Gasteiger partial charge in [-0.05, 0) is 47.7 Å². The number of imidazole rings is 1. The van der Waals surface area contributed by atoms with E-state index >= 15 is 0 Å². The number of nitrogens with zero attached hydrogens (tertiary/aromatic N) is 4. The SMILES string of the molecule is CC(C)NCCCn1c(Sc2cc3c(cc2[124I])OCO3)nc2c(N)ncnc21. The molecule has 0 bridgehead atoms. The molecule has 1 aliphatic rings. The molecule has 8 nitrogen and oxygen atoms in total. The van der Waals surface area contributed by atoms with Crippen LogP contribution in [-0.2, 0) is 6.54 Å². The summed E-state index contributed by atoms with van der Waals surface area (Å²) in [4.78, 5) is 14.3. The van der Waals surface area contributed by atoms with Crippen LogP contribution in [0.1, 0.15) is 20.3 Å². The molecule has 3 aromatic rings. The summed E-state index contributed by atoms with van der Waals surface area (Å²) in [5.41, 5.74) is 7.44. The topological polar surface area (TPSA) is 100 Å². The third-order valence-corrected chi connectivity index (χ3v) is 6.58. The Hall–Kier alpha value is -1.79. The highest BCUT2D eigenvalue weighted by Gasteiger charge is 2.20. The monoisotopic (exact) mass is 509 g/mol. The molecule has 0 amide bonds. The maximum atomic E-state index is 6.04. The van der Waals surface area contributed by atoms with Crippen molar-refractivity contribution in [2.24, 2.45) is 0 Å². The minimum absolute atomic E-state index is 0.257. The number of anilines is 1. The number of hydrogen-bond donors (Lipinski definition) is 2. The molecule has 0 unspecified atom stereocenters. The van der Waals surface area contributed by atoms with Gasteiger partial charge in [-0.1, -0.05) is 25.6 Å². The lowest BCUT2D eigenvalue weighted by Gasteiger charge is -2.11. The number of nitrogens with one attached hydrogen (secondary N) is 1. The van der Waals surface area contributed by atoms with Gasteiger partial charge in [-0.25, -0.2) is 15.0 Å².